The molecule has 0 saturated carbocycles. The summed E-state index contributed by atoms with van der Waals surface area (Å²) in [5, 5.41) is 0.188. The van der Waals surface area contributed by atoms with E-state index in [0.29, 0.717) is 11.3 Å². The normalized spacial score (nSPS) is 11.5. The molecule has 1 heterocycles. The summed E-state index contributed by atoms with van der Waals surface area (Å²) in [4.78, 5) is 29.6. The number of nitrogens with zero attached hydrogens (tertiary/aromatic N) is 2. The summed E-state index contributed by atoms with van der Waals surface area (Å²) in [5.41, 5.74) is 0.322. The predicted molar refractivity (Wildman–Crippen MR) is 104 cm³/mol. The molecule has 9 heteroatoms. The number of rotatable bonds is 5. The number of esters is 1. The fourth-order valence-electron chi connectivity index (χ4n) is 2.90. The van der Waals surface area contributed by atoms with Gasteiger partial charge in [-0.15, -0.1) is 0 Å². The molecule has 1 N–H and O–H groups in total. The van der Waals surface area contributed by atoms with E-state index in [1.165, 1.54) is 35.9 Å². The minimum Gasteiger partial charge on any atom is -0.462 e. The molecule has 0 amide bonds. The number of hydrogen-bond acceptors (Lipinski definition) is 6. The molecule has 3 aromatic rings. The molecule has 0 unspecified atom stereocenters. The van der Waals surface area contributed by atoms with Crippen LogP contribution >= 0.6 is 0 Å². The van der Waals surface area contributed by atoms with Gasteiger partial charge in [-0.3, -0.25) is 9.36 Å². The summed E-state index contributed by atoms with van der Waals surface area (Å²) in [6.45, 7) is 3.52. The lowest BCUT2D eigenvalue weighted by Gasteiger charge is -2.15. The van der Waals surface area contributed by atoms with Crippen molar-refractivity contribution in [3.05, 3.63) is 64.2 Å². The molecule has 0 aliphatic heterocycles. The second-order valence-corrected chi connectivity index (χ2v) is 7.78. The zero-order chi connectivity index (χ0) is 20.5. The van der Waals surface area contributed by atoms with Crippen molar-refractivity contribution >= 4 is 26.9 Å². The Labute approximate surface area is 161 Å². The molecular formula is C19H19N3O5S. The first-order chi connectivity index (χ1) is 13.3. The number of carbonyl (C=O) groups is 1. The van der Waals surface area contributed by atoms with Crippen LogP contribution in [0.3, 0.4) is 0 Å². The lowest BCUT2D eigenvalue weighted by atomic mass is 10.1. The predicted octanol–water partition coefficient (Wildman–Crippen LogP) is 1.78. The van der Waals surface area contributed by atoms with Crippen LogP contribution in [0.2, 0.25) is 0 Å². The van der Waals surface area contributed by atoms with Crippen LogP contribution in [0.25, 0.3) is 16.6 Å². The van der Waals surface area contributed by atoms with E-state index >= 15 is 0 Å². The van der Waals surface area contributed by atoms with Gasteiger partial charge in [0.05, 0.1) is 28.8 Å². The monoisotopic (exact) mass is 401 g/mol. The molecule has 0 aliphatic rings. The number of carbonyl (C=O) groups excluding carboxylic acids is 1. The Morgan fingerprint density at radius 1 is 1.21 bits per heavy atom. The highest BCUT2D eigenvalue weighted by Crippen LogP contribution is 2.21. The standard InChI is InChI=1S/C19H19N3O5S/c1-4-27-19(24)13-9-10-15-14(11-13)18(23)22(12(2)21-15)16-7-5-6-8-17(16)28(25,26)20-3/h5-11,20H,4H2,1-3H3. The molecule has 8 nitrogen and oxygen atoms in total. The first kappa shape index (κ1) is 19.7. The molecule has 0 spiro atoms. The van der Waals surface area contributed by atoms with Crippen molar-refractivity contribution in [3.63, 3.8) is 0 Å². The number of fused-ring (bicyclic) bond motifs is 1. The second-order valence-electron chi connectivity index (χ2n) is 5.93. The molecule has 0 radical (unpaired) electrons. The van der Waals surface area contributed by atoms with Crippen LogP contribution in [0.1, 0.15) is 23.1 Å². The van der Waals surface area contributed by atoms with Gasteiger partial charge in [0.15, 0.2) is 0 Å². The van der Waals surface area contributed by atoms with Gasteiger partial charge in [-0.1, -0.05) is 12.1 Å². The minimum absolute atomic E-state index is 0.0506. The maximum atomic E-state index is 13.2. The van der Waals surface area contributed by atoms with E-state index in [4.69, 9.17) is 4.74 Å². The lowest BCUT2D eigenvalue weighted by molar-refractivity contribution is 0.0526. The van der Waals surface area contributed by atoms with E-state index in [-0.39, 0.29) is 28.1 Å². The molecule has 28 heavy (non-hydrogen) atoms. The van der Waals surface area contributed by atoms with E-state index < -0.39 is 21.6 Å². The first-order valence-corrected chi connectivity index (χ1v) is 10.0. The third kappa shape index (κ3) is 3.41. The van der Waals surface area contributed by atoms with Crippen molar-refractivity contribution in [2.45, 2.75) is 18.7 Å². The quantitative estimate of drug-likeness (QED) is 0.653. The van der Waals surface area contributed by atoms with Crippen molar-refractivity contribution in [1.29, 1.82) is 0 Å². The van der Waals surface area contributed by atoms with Gasteiger partial charge < -0.3 is 4.74 Å². The van der Waals surface area contributed by atoms with E-state index in [9.17, 15) is 18.0 Å². The molecule has 1 aromatic heterocycles. The summed E-state index contributed by atoms with van der Waals surface area (Å²) in [5.74, 6) is -0.228. The number of ether oxygens (including phenoxy) is 1. The summed E-state index contributed by atoms with van der Waals surface area (Å²) in [6.07, 6.45) is 0. The van der Waals surface area contributed by atoms with Gasteiger partial charge >= 0.3 is 5.97 Å². The van der Waals surface area contributed by atoms with Crippen molar-refractivity contribution < 1.29 is 17.9 Å². The maximum absolute atomic E-state index is 13.2. The molecule has 146 valence electrons. The summed E-state index contributed by atoms with van der Waals surface area (Å²) in [6, 6.07) is 10.7. The van der Waals surface area contributed by atoms with Gasteiger partial charge in [0.25, 0.3) is 5.56 Å². The van der Waals surface area contributed by atoms with Crippen molar-refractivity contribution in [2.75, 3.05) is 13.7 Å². The Morgan fingerprint density at radius 3 is 2.61 bits per heavy atom. The average Bonchev–Trinajstić information content (AvgIpc) is 2.68. The third-order valence-electron chi connectivity index (χ3n) is 4.21. The number of hydrogen-bond donors (Lipinski definition) is 1. The highest BCUT2D eigenvalue weighted by Gasteiger charge is 2.21. The molecule has 0 fully saturated rings. The number of benzene rings is 2. The average molecular weight is 401 g/mol. The van der Waals surface area contributed by atoms with Crippen LogP contribution in [-0.4, -0.2) is 37.6 Å². The first-order valence-electron chi connectivity index (χ1n) is 8.53. The summed E-state index contributed by atoms with van der Waals surface area (Å²) in [7, 11) is -2.51. The fraction of sp³-hybridized carbons (Fsp3) is 0.211. The molecular weight excluding hydrogens is 382 g/mol. The molecule has 0 aliphatic carbocycles. The van der Waals surface area contributed by atoms with E-state index in [1.54, 1.807) is 32.0 Å². The molecule has 0 atom stereocenters. The smallest absolute Gasteiger partial charge is 0.338 e. The topological polar surface area (TPSA) is 107 Å². The molecule has 0 bridgehead atoms. The van der Waals surface area contributed by atoms with Gasteiger partial charge in [0.2, 0.25) is 10.0 Å². The van der Waals surface area contributed by atoms with Crippen LogP contribution in [0.5, 0.6) is 0 Å². The molecule has 0 saturated heterocycles. The van der Waals surface area contributed by atoms with Crippen molar-refractivity contribution in [2.24, 2.45) is 0 Å². The second kappa shape index (κ2) is 7.53. The Balaban J connectivity index is 2.32. The highest BCUT2D eigenvalue weighted by atomic mass is 32.2. The number of aryl methyl sites for hydroxylation is 1. The maximum Gasteiger partial charge on any atom is 0.338 e. The highest BCUT2D eigenvalue weighted by molar-refractivity contribution is 7.89. The van der Waals surface area contributed by atoms with Crippen molar-refractivity contribution in [3.8, 4) is 5.69 Å². The zero-order valence-electron chi connectivity index (χ0n) is 15.6. The Morgan fingerprint density at radius 2 is 1.93 bits per heavy atom. The SMILES string of the molecule is CCOC(=O)c1ccc2nc(C)n(-c3ccccc3S(=O)(=O)NC)c(=O)c2c1. The van der Waals surface area contributed by atoms with Gasteiger partial charge in [0.1, 0.15) is 10.7 Å². The van der Waals surface area contributed by atoms with Crippen LogP contribution in [0, 0.1) is 6.92 Å². The summed E-state index contributed by atoms with van der Waals surface area (Å²) >= 11 is 0. The third-order valence-corrected chi connectivity index (χ3v) is 5.67. The largest absolute Gasteiger partial charge is 0.462 e. The zero-order valence-corrected chi connectivity index (χ0v) is 16.4. The summed E-state index contributed by atoms with van der Waals surface area (Å²) < 4.78 is 33.2. The van der Waals surface area contributed by atoms with E-state index in [1.807, 2.05) is 0 Å². The number of para-hydroxylation sites is 1. The van der Waals surface area contributed by atoms with Crippen LogP contribution < -0.4 is 10.3 Å². The van der Waals surface area contributed by atoms with Crippen LogP contribution in [0.15, 0.2) is 52.2 Å². The lowest BCUT2D eigenvalue weighted by Crippen LogP contribution is -2.26. The fourth-order valence-corrected chi connectivity index (χ4v) is 3.81. The Bertz CT molecular complexity index is 1230. The van der Waals surface area contributed by atoms with E-state index in [0.717, 1.165) is 0 Å². The molecule has 2 aromatic carbocycles. The Kier molecular flexibility index (Phi) is 5.30. The van der Waals surface area contributed by atoms with Crippen LogP contribution in [0.4, 0.5) is 0 Å². The Hall–Kier alpha value is -3.04. The van der Waals surface area contributed by atoms with Gasteiger partial charge in [-0.2, -0.15) is 0 Å². The number of sulfonamides is 1. The minimum atomic E-state index is -3.80. The van der Waals surface area contributed by atoms with Crippen molar-refractivity contribution in [1.82, 2.24) is 14.3 Å². The number of aromatic nitrogens is 2. The van der Waals surface area contributed by atoms with Crippen LogP contribution in [-0.2, 0) is 14.8 Å². The molecule has 3 rings (SSSR count). The van der Waals surface area contributed by atoms with Gasteiger partial charge in [-0.25, -0.2) is 22.9 Å². The van der Waals surface area contributed by atoms with Gasteiger partial charge in [-0.05, 0) is 51.2 Å². The number of nitrogens with one attached hydrogen (secondary N) is 1. The van der Waals surface area contributed by atoms with E-state index in [2.05, 4.69) is 9.71 Å². The van der Waals surface area contributed by atoms with Gasteiger partial charge in [0, 0.05) is 0 Å².